The molecular formula is C21H23ClN2O3. The number of fused-ring (bicyclic) bond motifs is 1. The van der Waals surface area contributed by atoms with Crippen LogP contribution in [0.15, 0.2) is 42.5 Å². The first kappa shape index (κ1) is 18.0. The fraction of sp³-hybridized carbons (Fsp3) is 0.381. The molecule has 27 heavy (non-hydrogen) atoms. The van der Waals surface area contributed by atoms with Crippen molar-refractivity contribution in [2.75, 3.05) is 44.3 Å². The third-order valence-corrected chi connectivity index (χ3v) is 5.27. The van der Waals surface area contributed by atoms with Gasteiger partial charge in [-0.3, -0.25) is 4.79 Å². The van der Waals surface area contributed by atoms with Crippen LogP contribution < -0.4 is 14.4 Å². The molecule has 0 bridgehead atoms. The van der Waals surface area contributed by atoms with Gasteiger partial charge in [0.1, 0.15) is 13.2 Å². The first-order valence-corrected chi connectivity index (χ1v) is 9.74. The largest absolute Gasteiger partial charge is 0.486 e. The standard InChI is InChI=1S/C21H23ClN2O3/c22-17-2-1-3-18(15-17)23-8-10-24(11-9-23)21(25)7-5-16-4-6-19-20(14-16)27-13-12-26-19/h1-4,6,14-15H,5,7-13H2. The zero-order valence-corrected chi connectivity index (χ0v) is 16.0. The van der Waals surface area contributed by atoms with Gasteiger partial charge in [-0.05, 0) is 42.3 Å². The Kier molecular flexibility index (Phi) is 5.39. The highest BCUT2D eigenvalue weighted by atomic mass is 35.5. The van der Waals surface area contributed by atoms with E-state index in [0.29, 0.717) is 26.1 Å². The van der Waals surface area contributed by atoms with Crippen molar-refractivity contribution in [1.29, 1.82) is 0 Å². The molecule has 2 aliphatic heterocycles. The molecule has 6 heteroatoms. The highest BCUT2D eigenvalue weighted by Crippen LogP contribution is 2.31. The lowest BCUT2D eigenvalue weighted by atomic mass is 10.1. The van der Waals surface area contributed by atoms with Gasteiger partial charge in [-0.25, -0.2) is 0 Å². The van der Waals surface area contributed by atoms with Gasteiger partial charge in [-0.2, -0.15) is 0 Å². The van der Waals surface area contributed by atoms with Crippen molar-refractivity contribution in [2.24, 2.45) is 0 Å². The van der Waals surface area contributed by atoms with Gasteiger partial charge in [0, 0.05) is 43.3 Å². The zero-order chi connectivity index (χ0) is 18.6. The van der Waals surface area contributed by atoms with Crippen LogP contribution >= 0.6 is 11.6 Å². The summed E-state index contributed by atoms with van der Waals surface area (Å²) in [6, 6.07) is 13.8. The van der Waals surface area contributed by atoms with Crippen LogP contribution in [0.2, 0.25) is 5.02 Å². The van der Waals surface area contributed by atoms with Gasteiger partial charge >= 0.3 is 0 Å². The van der Waals surface area contributed by atoms with Gasteiger partial charge in [-0.1, -0.05) is 23.7 Å². The lowest BCUT2D eigenvalue weighted by molar-refractivity contribution is -0.131. The fourth-order valence-electron chi connectivity index (χ4n) is 3.54. The predicted molar refractivity (Wildman–Crippen MR) is 106 cm³/mol. The van der Waals surface area contributed by atoms with Gasteiger partial charge in [0.15, 0.2) is 11.5 Å². The number of carbonyl (C=O) groups excluding carboxylic acids is 1. The van der Waals surface area contributed by atoms with E-state index in [1.54, 1.807) is 0 Å². The number of amides is 1. The Morgan fingerprint density at radius 3 is 2.52 bits per heavy atom. The topological polar surface area (TPSA) is 42.0 Å². The molecule has 0 radical (unpaired) electrons. The number of rotatable bonds is 4. The van der Waals surface area contributed by atoms with Crippen molar-refractivity contribution < 1.29 is 14.3 Å². The van der Waals surface area contributed by atoms with E-state index in [2.05, 4.69) is 11.0 Å². The summed E-state index contributed by atoms with van der Waals surface area (Å²) >= 11 is 6.08. The molecule has 2 aromatic carbocycles. The number of aryl methyl sites for hydroxylation is 1. The van der Waals surface area contributed by atoms with E-state index in [9.17, 15) is 4.79 Å². The van der Waals surface area contributed by atoms with Gasteiger partial charge in [0.2, 0.25) is 5.91 Å². The molecule has 0 atom stereocenters. The third-order valence-electron chi connectivity index (χ3n) is 5.04. The molecule has 2 aliphatic rings. The summed E-state index contributed by atoms with van der Waals surface area (Å²) in [4.78, 5) is 16.8. The van der Waals surface area contributed by atoms with Crippen molar-refractivity contribution in [3.8, 4) is 11.5 Å². The molecule has 0 aromatic heterocycles. The highest BCUT2D eigenvalue weighted by molar-refractivity contribution is 6.30. The van der Waals surface area contributed by atoms with E-state index in [1.165, 1.54) is 0 Å². The van der Waals surface area contributed by atoms with Crippen molar-refractivity contribution in [1.82, 2.24) is 4.90 Å². The monoisotopic (exact) mass is 386 g/mol. The van der Waals surface area contributed by atoms with E-state index < -0.39 is 0 Å². The molecule has 2 heterocycles. The van der Waals surface area contributed by atoms with E-state index >= 15 is 0 Å². The summed E-state index contributed by atoms with van der Waals surface area (Å²) in [7, 11) is 0. The molecule has 1 saturated heterocycles. The smallest absolute Gasteiger partial charge is 0.223 e. The molecular weight excluding hydrogens is 364 g/mol. The minimum absolute atomic E-state index is 0.204. The first-order valence-electron chi connectivity index (χ1n) is 9.36. The Hall–Kier alpha value is -2.40. The van der Waals surface area contributed by atoms with Crippen LogP contribution in [0.4, 0.5) is 5.69 Å². The van der Waals surface area contributed by atoms with Crippen LogP contribution in [0.3, 0.4) is 0 Å². The van der Waals surface area contributed by atoms with Crippen molar-refractivity contribution in [2.45, 2.75) is 12.8 Å². The fourth-order valence-corrected chi connectivity index (χ4v) is 3.72. The molecule has 0 N–H and O–H groups in total. The Balaban J connectivity index is 1.28. The van der Waals surface area contributed by atoms with E-state index in [1.807, 2.05) is 41.3 Å². The van der Waals surface area contributed by atoms with E-state index in [0.717, 1.165) is 54.0 Å². The average Bonchev–Trinajstić information content (AvgIpc) is 2.72. The summed E-state index contributed by atoms with van der Waals surface area (Å²) in [5.41, 5.74) is 2.22. The molecule has 2 aromatic rings. The summed E-state index contributed by atoms with van der Waals surface area (Å²) < 4.78 is 11.2. The number of hydrogen-bond donors (Lipinski definition) is 0. The SMILES string of the molecule is O=C(CCc1ccc2c(c1)OCCO2)N1CCN(c2cccc(Cl)c2)CC1. The molecule has 142 valence electrons. The second-order valence-electron chi connectivity index (χ2n) is 6.83. The average molecular weight is 387 g/mol. The summed E-state index contributed by atoms with van der Waals surface area (Å²) in [6.45, 7) is 4.31. The molecule has 5 nitrogen and oxygen atoms in total. The maximum absolute atomic E-state index is 12.6. The van der Waals surface area contributed by atoms with Gasteiger partial charge in [0.05, 0.1) is 0 Å². The number of nitrogens with zero attached hydrogens (tertiary/aromatic N) is 2. The minimum atomic E-state index is 0.204. The van der Waals surface area contributed by atoms with E-state index in [-0.39, 0.29) is 5.91 Å². The number of piperazine rings is 1. The first-order chi connectivity index (χ1) is 13.2. The summed E-state index contributed by atoms with van der Waals surface area (Å²) in [5, 5.41) is 0.741. The second kappa shape index (κ2) is 8.09. The summed E-state index contributed by atoms with van der Waals surface area (Å²) in [6.07, 6.45) is 1.22. The molecule has 4 rings (SSSR count). The normalized spacial score (nSPS) is 16.3. The Morgan fingerprint density at radius 1 is 0.963 bits per heavy atom. The van der Waals surface area contributed by atoms with Gasteiger partial charge in [-0.15, -0.1) is 0 Å². The Bertz CT molecular complexity index is 819. The lowest BCUT2D eigenvalue weighted by Gasteiger charge is -2.36. The lowest BCUT2D eigenvalue weighted by Crippen LogP contribution is -2.48. The Morgan fingerprint density at radius 2 is 1.74 bits per heavy atom. The Labute approximate surface area is 164 Å². The van der Waals surface area contributed by atoms with Gasteiger partial charge < -0.3 is 19.3 Å². The number of anilines is 1. The number of carbonyl (C=O) groups is 1. The van der Waals surface area contributed by atoms with E-state index in [4.69, 9.17) is 21.1 Å². The van der Waals surface area contributed by atoms with Crippen molar-refractivity contribution in [3.63, 3.8) is 0 Å². The number of hydrogen-bond acceptors (Lipinski definition) is 4. The van der Waals surface area contributed by atoms with Crippen molar-refractivity contribution in [3.05, 3.63) is 53.1 Å². The molecule has 0 saturated carbocycles. The molecule has 0 aliphatic carbocycles. The third kappa shape index (κ3) is 4.30. The van der Waals surface area contributed by atoms with Crippen LogP contribution in [0, 0.1) is 0 Å². The molecule has 0 spiro atoms. The minimum Gasteiger partial charge on any atom is -0.486 e. The number of ether oxygens (including phenoxy) is 2. The quantitative estimate of drug-likeness (QED) is 0.807. The van der Waals surface area contributed by atoms with Gasteiger partial charge in [0.25, 0.3) is 0 Å². The molecule has 0 unspecified atom stereocenters. The van der Waals surface area contributed by atoms with Crippen LogP contribution in [0.1, 0.15) is 12.0 Å². The summed E-state index contributed by atoms with van der Waals surface area (Å²) in [5.74, 6) is 1.77. The predicted octanol–water partition coefficient (Wildman–Crippen LogP) is 3.39. The maximum atomic E-state index is 12.6. The molecule has 1 fully saturated rings. The van der Waals surface area contributed by atoms with Crippen LogP contribution in [0.5, 0.6) is 11.5 Å². The van der Waals surface area contributed by atoms with Crippen LogP contribution in [0.25, 0.3) is 0 Å². The van der Waals surface area contributed by atoms with Crippen LogP contribution in [-0.2, 0) is 11.2 Å². The molecule has 1 amide bonds. The van der Waals surface area contributed by atoms with Crippen LogP contribution in [-0.4, -0.2) is 50.2 Å². The van der Waals surface area contributed by atoms with Crippen molar-refractivity contribution >= 4 is 23.2 Å². The zero-order valence-electron chi connectivity index (χ0n) is 15.2. The number of benzene rings is 2. The maximum Gasteiger partial charge on any atom is 0.223 e. The number of halogens is 1. The highest BCUT2D eigenvalue weighted by Gasteiger charge is 2.21. The second-order valence-corrected chi connectivity index (χ2v) is 7.26.